The number of hydrogen-bond acceptors (Lipinski definition) is 7. The van der Waals surface area contributed by atoms with Crippen LogP contribution in [-0.2, 0) is 0 Å². The molecule has 2 N–H and O–H groups in total. The second-order valence-electron chi connectivity index (χ2n) is 7.71. The van der Waals surface area contributed by atoms with Crippen molar-refractivity contribution in [2.45, 2.75) is 18.9 Å². The summed E-state index contributed by atoms with van der Waals surface area (Å²) in [5.41, 5.74) is 2.13. The summed E-state index contributed by atoms with van der Waals surface area (Å²) in [5, 5.41) is 11.6. The topological polar surface area (TPSA) is 94.1 Å². The van der Waals surface area contributed by atoms with Crippen LogP contribution in [0.1, 0.15) is 29.0 Å². The van der Waals surface area contributed by atoms with Crippen LogP contribution in [0.3, 0.4) is 0 Å². The molecule has 0 saturated carbocycles. The highest BCUT2D eigenvalue weighted by atomic mass is 16.7. The van der Waals surface area contributed by atoms with Gasteiger partial charge in [-0.05, 0) is 49.2 Å². The van der Waals surface area contributed by atoms with Crippen molar-refractivity contribution in [1.29, 1.82) is 0 Å². The van der Waals surface area contributed by atoms with Crippen LogP contribution in [0.2, 0.25) is 0 Å². The van der Waals surface area contributed by atoms with Crippen LogP contribution in [0.5, 0.6) is 5.75 Å². The Hall–Kier alpha value is -3.65. The molecule has 0 amide bonds. The maximum atomic E-state index is 12.8. The largest absolute Gasteiger partial charge is 0.391 e. The number of aromatic nitrogens is 2. The number of hydrogen-bond donors (Lipinski definition) is 2. The van der Waals surface area contributed by atoms with Gasteiger partial charge in [-0.2, -0.15) is 0 Å². The zero-order valence-electron chi connectivity index (χ0n) is 16.9. The van der Waals surface area contributed by atoms with Crippen molar-refractivity contribution in [1.82, 2.24) is 19.9 Å². The van der Waals surface area contributed by atoms with E-state index in [4.69, 9.17) is 4.84 Å². The van der Waals surface area contributed by atoms with E-state index in [0.717, 1.165) is 36.3 Å². The van der Waals surface area contributed by atoms with E-state index in [1.807, 2.05) is 24.3 Å². The first-order chi connectivity index (χ1) is 15.2. The van der Waals surface area contributed by atoms with Gasteiger partial charge in [-0.3, -0.25) is 4.79 Å². The van der Waals surface area contributed by atoms with E-state index in [-0.39, 0.29) is 11.9 Å². The zero-order chi connectivity index (χ0) is 21.2. The molecule has 8 nitrogen and oxygen atoms in total. The molecular formula is C23H23N5O3. The van der Waals surface area contributed by atoms with E-state index in [2.05, 4.69) is 19.9 Å². The number of carbonyl (C=O) groups is 1. The number of amidine groups is 1. The third-order valence-corrected chi connectivity index (χ3v) is 5.46. The minimum absolute atomic E-state index is 0.168. The second kappa shape index (κ2) is 8.23. The summed E-state index contributed by atoms with van der Waals surface area (Å²) < 4.78 is 0. The minimum atomic E-state index is -0.312. The van der Waals surface area contributed by atoms with Gasteiger partial charge in [-0.15, -0.1) is 0 Å². The van der Waals surface area contributed by atoms with Gasteiger partial charge >= 0.3 is 0 Å². The van der Waals surface area contributed by atoms with Gasteiger partial charge in [-0.1, -0.05) is 12.1 Å². The van der Waals surface area contributed by atoms with Crippen LogP contribution in [0.15, 0.2) is 65.9 Å². The fourth-order valence-electron chi connectivity index (χ4n) is 3.86. The van der Waals surface area contributed by atoms with Gasteiger partial charge in [0.25, 0.3) is 0 Å². The Bertz CT molecular complexity index is 1120. The van der Waals surface area contributed by atoms with Gasteiger partial charge < -0.3 is 19.8 Å². The van der Waals surface area contributed by atoms with E-state index in [1.165, 1.54) is 0 Å². The molecule has 0 bridgehead atoms. The van der Waals surface area contributed by atoms with Crippen LogP contribution >= 0.6 is 0 Å². The Balaban J connectivity index is 1.24. The number of H-pyrrole nitrogens is 1. The van der Waals surface area contributed by atoms with E-state index in [1.54, 1.807) is 41.7 Å². The number of hydroxylamine groups is 2. The normalized spacial score (nSPS) is 18.9. The molecule has 2 aromatic carbocycles. The van der Waals surface area contributed by atoms with Gasteiger partial charge in [0.15, 0.2) is 11.6 Å². The maximum Gasteiger partial charge on any atom is 0.228 e. The van der Waals surface area contributed by atoms with Crippen molar-refractivity contribution in [2.24, 2.45) is 4.99 Å². The number of ketones is 1. The number of para-hydroxylation sites is 2. The van der Waals surface area contributed by atoms with E-state index in [0.29, 0.717) is 30.2 Å². The lowest BCUT2D eigenvalue weighted by Gasteiger charge is -2.35. The first-order valence-electron chi connectivity index (χ1n) is 10.4. The molecule has 158 valence electrons. The Labute approximate surface area is 179 Å². The maximum absolute atomic E-state index is 12.8. The third-order valence-electron chi connectivity index (χ3n) is 5.46. The number of nitrogens with zero attached hydrogens (tertiary/aromatic N) is 4. The fourth-order valence-corrected chi connectivity index (χ4v) is 3.86. The number of aliphatic hydroxyl groups excluding tert-OH is 1. The highest BCUT2D eigenvalue weighted by Gasteiger charge is 2.23. The van der Waals surface area contributed by atoms with E-state index < -0.39 is 0 Å². The SMILES string of the molecule is O=C(c1ccc(ON2C=CN=C(N3CCCC(O)C3)C2)cc1)c1nc2ccccc2[nH]1. The highest BCUT2D eigenvalue weighted by Crippen LogP contribution is 2.19. The number of fused-ring (bicyclic) bond motifs is 1. The molecule has 2 aliphatic heterocycles. The molecule has 1 unspecified atom stereocenters. The quantitative estimate of drug-likeness (QED) is 0.634. The molecule has 0 radical (unpaired) electrons. The molecule has 1 aromatic heterocycles. The summed E-state index contributed by atoms with van der Waals surface area (Å²) in [5.74, 6) is 1.64. The molecule has 0 spiro atoms. The van der Waals surface area contributed by atoms with Crippen LogP contribution in [0, 0.1) is 0 Å². The monoisotopic (exact) mass is 417 g/mol. The smallest absolute Gasteiger partial charge is 0.228 e. The summed E-state index contributed by atoms with van der Waals surface area (Å²) in [4.78, 5) is 32.7. The number of aliphatic imine (C=N–C) groups is 1. The number of aromatic amines is 1. The zero-order valence-corrected chi connectivity index (χ0v) is 16.9. The number of piperidine rings is 1. The number of imidazole rings is 1. The molecule has 3 aromatic rings. The Morgan fingerprint density at radius 2 is 2.00 bits per heavy atom. The van der Waals surface area contributed by atoms with Crippen LogP contribution in [0.4, 0.5) is 0 Å². The van der Waals surface area contributed by atoms with E-state index in [9.17, 15) is 9.90 Å². The second-order valence-corrected chi connectivity index (χ2v) is 7.71. The highest BCUT2D eigenvalue weighted by molar-refractivity contribution is 6.08. The molecule has 1 saturated heterocycles. The molecule has 3 heterocycles. The number of benzene rings is 2. The van der Waals surface area contributed by atoms with E-state index >= 15 is 0 Å². The van der Waals surface area contributed by atoms with Crippen molar-refractivity contribution >= 4 is 22.7 Å². The average molecular weight is 417 g/mol. The van der Waals surface area contributed by atoms with Gasteiger partial charge in [0.2, 0.25) is 5.78 Å². The first kappa shape index (κ1) is 19.3. The molecular weight excluding hydrogens is 394 g/mol. The average Bonchev–Trinajstić information content (AvgIpc) is 3.24. The van der Waals surface area contributed by atoms with Crippen LogP contribution in [0.25, 0.3) is 11.0 Å². The number of likely N-dealkylation sites (tertiary alicyclic amines) is 1. The lowest BCUT2D eigenvalue weighted by atomic mass is 10.1. The number of nitrogens with one attached hydrogen (secondary N) is 1. The molecule has 2 aliphatic rings. The molecule has 8 heteroatoms. The van der Waals surface area contributed by atoms with Crippen LogP contribution < -0.4 is 4.84 Å². The van der Waals surface area contributed by atoms with Crippen molar-refractivity contribution < 1.29 is 14.7 Å². The summed E-state index contributed by atoms with van der Waals surface area (Å²) in [6.07, 6.45) is 4.93. The van der Waals surface area contributed by atoms with Crippen molar-refractivity contribution in [3.8, 4) is 5.75 Å². The van der Waals surface area contributed by atoms with Gasteiger partial charge in [0.05, 0.1) is 23.3 Å². The number of carbonyl (C=O) groups excluding carboxylic acids is 1. The third kappa shape index (κ3) is 4.15. The summed E-state index contributed by atoms with van der Waals surface area (Å²) in [6, 6.07) is 14.5. The lowest BCUT2D eigenvalue weighted by molar-refractivity contribution is 0.00296. The number of β-amino-alcohol motifs (C(OH)–C–C–N with tert-alkyl or cyclic N) is 1. The number of aliphatic hydroxyl groups is 1. The summed E-state index contributed by atoms with van der Waals surface area (Å²) in [6.45, 7) is 1.97. The molecule has 31 heavy (non-hydrogen) atoms. The predicted octanol–water partition coefficient (Wildman–Crippen LogP) is 2.73. The van der Waals surface area contributed by atoms with Crippen molar-refractivity contribution in [3.05, 3.63) is 72.3 Å². The van der Waals surface area contributed by atoms with Gasteiger partial charge in [0.1, 0.15) is 12.4 Å². The standard InChI is InChI=1S/C23H23N5O3/c29-17-4-3-12-27(14-17)21-15-28(13-11-24-21)31-18-9-7-16(8-10-18)22(30)23-25-19-5-1-2-6-20(19)26-23/h1-2,5-11,13,17,29H,3-4,12,14-15H2,(H,25,26). The Morgan fingerprint density at radius 3 is 2.81 bits per heavy atom. The lowest BCUT2D eigenvalue weighted by Crippen LogP contribution is -2.47. The van der Waals surface area contributed by atoms with Gasteiger partial charge in [-0.25, -0.2) is 15.0 Å². The number of rotatable bonds is 4. The molecule has 5 rings (SSSR count). The minimum Gasteiger partial charge on any atom is -0.391 e. The molecule has 1 fully saturated rings. The Kier molecular flexibility index (Phi) is 5.13. The predicted molar refractivity (Wildman–Crippen MR) is 117 cm³/mol. The van der Waals surface area contributed by atoms with Crippen LogP contribution in [-0.4, -0.2) is 62.4 Å². The molecule has 0 aliphatic carbocycles. The first-order valence-corrected chi connectivity index (χ1v) is 10.4. The summed E-state index contributed by atoms with van der Waals surface area (Å²) >= 11 is 0. The van der Waals surface area contributed by atoms with Crippen molar-refractivity contribution in [3.63, 3.8) is 0 Å². The fraction of sp³-hybridized carbons (Fsp3) is 0.261. The van der Waals surface area contributed by atoms with Gasteiger partial charge in [0, 0.05) is 24.9 Å². The van der Waals surface area contributed by atoms with Crippen molar-refractivity contribution in [2.75, 3.05) is 19.6 Å². The Morgan fingerprint density at radius 1 is 1.16 bits per heavy atom. The summed E-state index contributed by atoms with van der Waals surface area (Å²) in [7, 11) is 0. The molecule has 1 atom stereocenters.